The van der Waals surface area contributed by atoms with Crippen LogP contribution in [-0.4, -0.2) is 16.1 Å². The van der Waals surface area contributed by atoms with Crippen molar-refractivity contribution in [3.63, 3.8) is 0 Å². The van der Waals surface area contributed by atoms with Gasteiger partial charge in [-0.25, -0.2) is 0 Å². The van der Waals surface area contributed by atoms with Crippen LogP contribution in [0.5, 0.6) is 0 Å². The zero-order valence-electron chi connectivity index (χ0n) is 24.9. The maximum Gasteiger partial charge on any atom is 0.145 e. The van der Waals surface area contributed by atoms with E-state index in [0.717, 1.165) is 16.6 Å². The summed E-state index contributed by atoms with van der Waals surface area (Å²) >= 11 is 0. The third-order valence-electron chi connectivity index (χ3n) is 10.5. The molecule has 194 valence electrons. The van der Waals surface area contributed by atoms with Crippen molar-refractivity contribution in [2.45, 2.75) is 135 Å². The van der Waals surface area contributed by atoms with Gasteiger partial charge in [-0.3, -0.25) is 0 Å². The highest BCUT2D eigenvalue weighted by Gasteiger charge is 2.50. The number of allylic oxidation sites excluding steroid dienone is 1. The van der Waals surface area contributed by atoms with Gasteiger partial charge in [-0.15, -0.1) is 11.5 Å². The molecule has 1 fully saturated rings. The van der Waals surface area contributed by atoms with Gasteiger partial charge in [0.2, 0.25) is 0 Å². The summed E-state index contributed by atoms with van der Waals surface area (Å²) in [5.41, 5.74) is 14.5. The lowest BCUT2D eigenvalue weighted by Crippen LogP contribution is -2.43. The van der Waals surface area contributed by atoms with Crippen LogP contribution in [-0.2, 0) is 0 Å². The first kappa shape index (κ1) is 28.5. The molecule has 1 saturated carbocycles. The van der Waals surface area contributed by atoms with Crippen LogP contribution in [0.4, 0.5) is 0 Å². The van der Waals surface area contributed by atoms with Crippen molar-refractivity contribution in [2.24, 2.45) is 11.8 Å². The Morgan fingerprint density at radius 1 is 0.686 bits per heavy atom. The quantitative estimate of drug-likeness (QED) is 0.243. The molecular formula is C33H54Si2. The Morgan fingerprint density at radius 2 is 1.14 bits per heavy atom. The Bertz CT molecular complexity index is 909. The van der Waals surface area contributed by atoms with Gasteiger partial charge in [0.1, 0.15) is 8.07 Å². The number of hydrogen-bond donors (Lipinski definition) is 0. The third kappa shape index (κ3) is 4.70. The van der Waals surface area contributed by atoms with E-state index in [-0.39, 0.29) is 0 Å². The largest absolute Gasteiger partial charge is 0.145 e. The van der Waals surface area contributed by atoms with Crippen LogP contribution < -0.4 is 0 Å². The fourth-order valence-corrected chi connectivity index (χ4v) is 19.9. The van der Waals surface area contributed by atoms with Crippen molar-refractivity contribution in [3.05, 3.63) is 47.2 Å². The van der Waals surface area contributed by atoms with Crippen LogP contribution in [0.2, 0.25) is 33.2 Å². The normalized spacial score (nSPS) is 24.5. The van der Waals surface area contributed by atoms with Gasteiger partial charge in [-0.2, -0.15) is 0 Å². The van der Waals surface area contributed by atoms with Crippen LogP contribution >= 0.6 is 0 Å². The second-order valence-electron chi connectivity index (χ2n) is 13.7. The van der Waals surface area contributed by atoms with Gasteiger partial charge >= 0.3 is 0 Å². The molecule has 2 aliphatic carbocycles. The van der Waals surface area contributed by atoms with E-state index in [2.05, 4.69) is 131 Å². The molecule has 3 rings (SSSR count). The van der Waals surface area contributed by atoms with E-state index in [4.69, 9.17) is 0 Å². The minimum atomic E-state index is -1.73. The van der Waals surface area contributed by atoms with Crippen LogP contribution in [0.3, 0.4) is 0 Å². The molecule has 0 aromatic heterocycles. The van der Waals surface area contributed by atoms with Crippen molar-refractivity contribution in [1.82, 2.24) is 0 Å². The van der Waals surface area contributed by atoms with E-state index >= 15 is 0 Å². The fourth-order valence-electron chi connectivity index (χ4n) is 8.88. The molecule has 0 aliphatic heterocycles. The summed E-state index contributed by atoms with van der Waals surface area (Å²) in [7, 11) is -3.31. The van der Waals surface area contributed by atoms with Crippen LogP contribution in [0.25, 0.3) is 0 Å². The molecule has 0 heterocycles. The molecule has 2 bridgehead atoms. The van der Waals surface area contributed by atoms with Crippen LogP contribution in [0.15, 0.2) is 36.0 Å². The third-order valence-corrected chi connectivity index (χ3v) is 23.6. The van der Waals surface area contributed by atoms with Gasteiger partial charge < -0.3 is 0 Å². The summed E-state index contributed by atoms with van der Waals surface area (Å²) in [6.45, 7) is 29.6. The Morgan fingerprint density at radius 3 is 1.57 bits per heavy atom. The molecule has 0 spiro atoms. The number of rotatable bonds is 8. The molecule has 0 saturated heterocycles. The van der Waals surface area contributed by atoms with E-state index in [1.807, 2.05) is 0 Å². The zero-order valence-corrected chi connectivity index (χ0v) is 26.9. The second-order valence-corrected chi connectivity index (χ2v) is 25.0. The molecule has 0 nitrogen and oxygen atoms in total. The first-order valence-electron chi connectivity index (χ1n) is 14.6. The van der Waals surface area contributed by atoms with Crippen molar-refractivity contribution in [3.8, 4) is 11.5 Å². The summed E-state index contributed by atoms with van der Waals surface area (Å²) in [6.07, 6.45) is 4.02. The Kier molecular flexibility index (Phi) is 8.76. The minimum Gasteiger partial charge on any atom is -0.130 e. The fraction of sp³-hybridized carbons (Fsp3) is 0.697. The van der Waals surface area contributed by atoms with Gasteiger partial charge in [0.05, 0.1) is 8.07 Å². The standard InChI is InChI=1S/C33H54Si2/c1-22(2)34(23(3)4,24(5)6)19-17-30-31(18-20-35(25(7)8,26(9)10)27(11)12)33-21-32(30)28-15-13-14-16-29(28)33/h13-17,19,22-27,30-33H,21H2,1-12H3/b19-17+/t30?,31?,32-,33+/m1/s1. The maximum absolute atomic E-state index is 4.15. The first-order valence-corrected chi connectivity index (χ1v) is 19.2. The molecular weight excluding hydrogens is 453 g/mol. The highest BCUT2D eigenvalue weighted by atomic mass is 28.3. The van der Waals surface area contributed by atoms with Crippen molar-refractivity contribution >= 4 is 16.1 Å². The highest BCUT2D eigenvalue weighted by molar-refractivity contribution is 6.90. The molecule has 1 aromatic rings. The number of fused-ring (bicyclic) bond motifs is 5. The molecule has 0 radical (unpaired) electrons. The van der Waals surface area contributed by atoms with Crippen molar-refractivity contribution in [1.29, 1.82) is 0 Å². The average Bonchev–Trinajstić information content (AvgIpc) is 3.30. The van der Waals surface area contributed by atoms with E-state index in [9.17, 15) is 0 Å². The molecule has 4 atom stereocenters. The van der Waals surface area contributed by atoms with Gasteiger partial charge in [-0.05, 0) is 68.5 Å². The minimum absolute atomic E-state index is 0.479. The average molecular weight is 507 g/mol. The van der Waals surface area contributed by atoms with Gasteiger partial charge in [-0.1, -0.05) is 119 Å². The first-order chi connectivity index (χ1) is 16.3. The smallest absolute Gasteiger partial charge is 0.130 e. The molecule has 0 N–H and O–H groups in total. The van der Waals surface area contributed by atoms with Gasteiger partial charge in [0.15, 0.2) is 0 Å². The highest BCUT2D eigenvalue weighted by Crippen LogP contribution is 2.60. The van der Waals surface area contributed by atoms with Crippen LogP contribution in [0, 0.1) is 23.3 Å². The Balaban J connectivity index is 2.12. The van der Waals surface area contributed by atoms with E-state index < -0.39 is 16.1 Å². The lowest BCUT2D eigenvalue weighted by atomic mass is 9.76. The van der Waals surface area contributed by atoms with E-state index in [0.29, 0.717) is 40.3 Å². The van der Waals surface area contributed by atoms with E-state index in [1.54, 1.807) is 11.1 Å². The van der Waals surface area contributed by atoms with Crippen molar-refractivity contribution < 1.29 is 0 Å². The summed E-state index contributed by atoms with van der Waals surface area (Å²) < 4.78 is 0. The lowest BCUT2D eigenvalue weighted by molar-refractivity contribution is 0.479. The van der Waals surface area contributed by atoms with Gasteiger partial charge in [0.25, 0.3) is 0 Å². The Labute approximate surface area is 220 Å². The van der Waals surface area contributed by atoms with Gasteiger partial charge in [0, 0.05) is 5.92 Å². The second kappa shape index (κ2) is 10.7. The number of hydrogen-bond acceptors (Lipinski definition) is 0. The maximum atomic E-state index is 4.15. The number of benzene rings is 1. The molecule has 2 unspecified atom stereocenters. The summed E-state index contributed by atoms with van der Waals surface area (Å²) in [5.74, 6) is 6.41. The Hall–Kier alpha value is -1.05. The van der Waals surface area contributed by atoms with Crippen LogP contribution in [0.1, 0.15) is 112 Å². The summed E-state index contributed by atoms with van der Waals surface area (Å²) in [6, 6.07) is 9.32. The monoisotopic (exact) mass is 506 g/mol. The molecule has 2 aliphatic rings. The van der Waals surface area contributed by atoms with E-state index in [1.165, 1.54) is 6.42 Å². The van der Waals surface area contributed by atoms with Crippen molar-refractivity contribution in [2.75, 3.05) is 0 Å². The molecule has 0 amide bonds. The predicted octanol–water partition coefficient (Wildman–Crippen LogP) is 10.5. The lowest BCUT2D eigenvalue weighted by Gasteiger charge is -2.41. The SMILES string of the molecule is CC(C)[Si](C#CC1C(/C=C/[Si](C(C)C)(C(C)C)C(C)C)[C@@H]2C[C@H]1c1ccccc12)(C(C)C)C(C)C. The summed E-state index contributed by atoms with van der Waals surface area (Å²) in [5, 5.41) is 0. The topological polar surface area (TPSA) is 0 Å². The molecule has 2 heteroatoms. The predicted molar refractivity (Wildman–Crippen MR) is 163 cm³/mol. The molecule has 35 heavy (non-hydrogen) atoms. The molecule has 1 aromatic carbocycles. The zero-order chi connectivity index (χ0) is 26.3. The summed E-state index contributed by atoms with van der Waals surface area (Å²) in [4.78, 5) is 0.